The van der Waals surface area contributed by atoms with Crippen molar-refractivity contribution >= 4 is 28.2 Å². The van der Waals surface area contributed by atoms with Crippen molar-refractivity contribution in [3.63, 3.8) is 0 Å². The molecule has 0 aliphatic rings. The molecule has 0 heterocycles. The molecule has 0 aliphatic carbocycles. The van der Waals surface area contributed by atoms with E-state index in [1.54, 1.807) is 24.3 Å². The smallest absolute Gasteiger partial charge is 0.335 e. The molecule has 2 rings (SSSR count). The van der Waals surface area contributed by atoms with Crippen LogP contribution in [0.5, 0.6) is 0 Å². The van der Waals surface area contributed by atoms with Crippen molar-refractivity contribution in [2.45, 2.75) is 0 Å². The third-order valence-corrected chi connectivity index (χ3v) is 3.11. The molecule has 0 amide bonds. The van der Waals surface area contributed by atoms with Crippen LogP contribution < -0.4 is 10.5 Å². The topological polar surface area (TPSA) is 109 Å². The summed E-state index contributed by atoms with van der Waals surface area (Å²) in [4.78, 5) is 11.0. The number of carboxylic acids is 1. The summed E-state index contributed by atoms with van der Waals surface area (Å²) in [6.07, 6.45) is 0. The molecule has 6 nitrogen and oxygen atoms in total. The van der Waals surface area contributed by atoms with E-state index < -0.39 is 16.9 Å². The largest absolute Gasteiger partial charge is 0.478 e. The van der Waals surface area contributed by atoms with Gasteiger partial charge < -0.3 is 10.8 Å². The highest BCUT2D eigenvalue weighted by Gasteiger charge is 2.14. The molecule has 0 saturated heterocycles. The lowest BCUT2D eigenvalue weighted by Gasteiger charge is -2.13. The lowest BCUT2D eigenvalue weighted by Crippen LogP contribution is -2.05. The molecule has 2 aromatic carbocycles. The second-order valence-electron chi connectivity index (χ2n) is 4.03. The fourth-order valence-corrected chi connectivity index (χ4v) is 2.27. The first-order chi connectivity index (χ1) is 9.49. The zero-order chi connectivity index (χ0) is 14.7. The van der Waals surface area contributed by atoms with E-state index >= 15 is 0 Å². The van der Waals surface area contributed by atoms with Gasteiger partial charge in [0.1, 0.15) is 0 Å². The Bertz CT molecular complexity index is 719. The fraction of sp³-hybridized carbons (Fsp3) is 0. The molecule has 4 N–H and O–H groups in total. The molecule has 2 aromatic rings. The molecular formula is C13H12N2O4S. The van der Waals surface area contributed by atoms with Gasteiger partial charge in [0, 0.05) is 11.3 Å². The van der Waals surface area contributed by atoms with Crippen LogP contribution in [0.1, 0.15) is 10.4 Å². The summed E-state index contributed by atoms with van der Waals surface area (Å²) in [7, 11) is -2.93. The Labute approximate surface area is 116 Å². The number of hydrogen-bond donors (Lipinski definition) is 4. The lowest BCUT2D eigenvalue weighted by atomic mass is 9.99. The highest BCUT2D eigenvalue weighted by Crippen LogP contribution is 2.34. The summed E-state index contributed by atoms with van der Waals surface area (Å²) in [6, 6.07) is 11.4. The van der Waals surface area contributed by atoms with E-state index in [2.05, 4.69) is 4.72 Å². The molecule has 104 valence electrons. The number of rotatable bonds is 4. The summed E-state index contributed by atoms with van der Waals surface area (Å²) in [5, 5.41) is 8.99. The van der Waals surface area contributed by atoms with E-state index in [0.29, 0.717) is 11.1 Å². The summed E-state index contributed by atoms with van der Waals surface area (Å²) >= 11 is 0. The van der Waals surface area contributed by atoms with Crippen LogP contribution in [0.4, 0.5) is 11.4 Å². The number of benzene rings is 2. The number of carbonyl (C=O) groups is 1. The van der Waals surface area contributed by atoms with Crippen LogP contribution in [0.25, 0.3) is 11.1 Å². The van der Waals surface area contributed by atoms with E-state index in [-0.39, 0.29) is 16.9 Å². The van der Waals surface area contributed by atoms with Gasteiger partial charge >= 0.3 is 5.97 Å². The van der Waals surface area contributed by atoms with Crippen molar-refractivity contribution in [1.29, 1.82) is 0 Å². The average molecular weight is 292 g/mol. The number of thiol groups is 1. The van der Waals surface area contributed by atoms with Gasteiger partial charge in [-0.25, -0.2) is 13.2 Å². The van der Waals surface area contributed by atoms with Gasteiger partial charge in [0.2, 0.25) is 10.9 Å². The minimum absolute atomic E-state index is 0.0819. The van der Waals surface area contributed by atoms with Crippen molar-refractivity contribution in [3.8, 4) is 11.1 Å². The number of aromatic carboxylic acids is 1. The second kappa shape index (κ2) is 5.62. The van der Waals surface area contributed by atoms with Crippen molar-refractivity contribution < 1.29 is 18.3 Å². The zero-order valence-electron chi connectivity index (χ0n) is 10.2. The number of nitrogens with one attached hydrogen (secondary N) is 1. The number of hydrogen-bond acceptors (Lipinski definition) is 4. The minimum Gasteiger partial charge on any atom is -0.478 e. The van der Waals surface area contributed by atoms with Crippen molar-refractivity contribution in [3.05, 3.63) is 48.0 Å². The summed E-state index contributed by atoms with van der Waals surface area (Å²) in [6.45, 7) is 0. The first-order valence-corrected chi connectivity index (χ1v) is 6.80. The molecule has 0 saturated carbocycles. The fourth-order valence-electron chi connectivity index (χ4n) is 1.90. The van der Waals surface area contributed by atoms with E-state index in [4.69, 9.17) is 10.8 Å². The Morgan fingerprint density at radius 2 is 1.80 bits per heavy atom. The summed E-state index contributed by atoms with van der Waals surface area (Å²) in [5.74, 6) is -1.18. The van der Waals surface area contributed by atoms with Crippen LogP contribution in [0.2, 0.25) is 0 Å². The van der Waals surface area contributed by atoms with Gasteiger partial charge in [-0.2, -0.15) is 0 Å². The average Bonchev–Trinajstić information content (AvgIpc) is 2.38. The maximum absolute atomic E-state index is 11.0. The molecule has 7 heteroatoms. The van der Waals surface area contributed by atoms with E-state index in [1.807, 2.05) is 6.07 Å². The maximum atomic E-state index is 11.0. The van der Waals surface area contributed by atoms with Gasteiger partial charge in [-0.05, 0) is 17.7 Å². The number of nitrogens with two attached hydrogens (primary N) is 1. The molecule has 0 radical (unpaired) electrons. The zero-order valence-corrected chi connectivity index (χ0v) is 11.1. The molecule has 0 aliphatic heterocycles. The summed E-state index contributed by atoms with van der Waals surface area (Å²) < 4.78 is 24.0. The molecule has 0 unspecified atom stereocenters. The van der Waals surface area contributed by atoms with Crippen molar-refractivity contribution in [2.24, 2.45) is 0 Å². The molecule has 0 atom stereocenters. The molecule has 0 spiro atoms. The van der Waals surface area contributed by atoms with Crippen LogP contribution >= 0.6 is 0 Å². The standard InChI is InChI=1S/C13H12N2O4S/c14-10-6-9(13(16)17)7-11(15-20(18)19)12(10)8-4-2-1-3-5-8/h1-7,20H,14H2,(H,16,17)(H,15,18,19). The van der Waals surface area contributed by atoms with Gasteiger partial charge in [0.05, 0.1) is 11.3 Å². The second-order valence-corrected chi connectivity index (χ2v) is 4.77. The van der Waals surface area contributed by atoms with E-state index in [1.165, 1.54) is 12.1 Å². The van der Waals surface area contributed by atoms with Gasteiger partial charge in [-0.15, -0.1) is 0 Å². The normalized spacial score (nSPS) is 10.4. The Balaban J connectivity index is 2.69. The predicted molar refractivity (Wildman–Crippen MR) is 77.2 cm³/mol. The number of carboxylic acid groups (broad SMARTS) is 1. The van der Waals surface area contributed by atoms with E-state index in [0.717, 1.165) is 0 Å². The molecule has 20 heavy (non-hydrogen) atoms. The third kappa shape index (κ3) is 2.89. The molecule has 0 fully saturated rings. The third-order valence-electron chi connectivity index (χ3n) is 2.69. The highest BCUT2D eigenvalue weighted by atomic mass is 32.2. The maximum Gasteiger partial charge on any atom is 0.335 e. The Kier molecular flexibility index (Phi) is 3.90. The number of anilines is 2. The first kappa shape index (κ1) is 13.9. The Hall–Kier alpha value is -2.54. The minimum atomic E-state index is -2.93. The Morgan fingerprint density at radius 1 is 1.15 bits per heavy atom. The lowest BCUT2D eigenvalue weighted by molar-refractivity contribution is 0.0697. The highest BCUT2D eigenvalue weighted by molar-refractivity contribution is 7.73. The van der Waals surface area contributed by atoms with Crippen LogP contribution in [0.15, 0.2) is 42.5 Å². The van der Waals surface area contributed by atoms with Crippen LogP contribution in [0.3, 0.4) is 0 Å². The summed E-state index contributed by atoms with van der Waals surface area (Å²) in [5.41, 5.74) is 7.27. The van der Waals surface area contributed by atoms with Gasteiger partial charge in [0.25, 0.3) is 0 Å². The van der Waals surface area contributed by atoms with Crippen molar-refractivity contribution in [2.75, 3.05) is 10.5 Å². The van der Waals surface area contributed by atoms with Gasteiger partial charge in [-0.1, -0.05) is 30.3 Å². The SMILES string of the molecule is Nc1cc(C(=O)O)cc(N[SH](=O)=O)c1-c1ccccc1. The van der Waals surface area contributed by atoms with Crippen LogP contribution in [0, 0.1) is 0 Å². The van der Waals surface area contributed by atoms with Gasteiger partial charge in [-0.3, -0.25) is 4.72 Å². The van der Waals surface area contributed by atoms with Crippen LogP contribution in [-0.4, -0.2) is 19.5 Å². The molecule has 0 aromatic heterocycles. The van der Waals surface area contributed by atoms with E-state index in [9.17, 15) is 13.2 Å². The molecular weight excluding hydrogens is 280 g/mol. The van der Waals surface area contributed by atoms with Crippen LogP contribution in [-0.2, 0) is 10.9 Å². The monoisotopic (exact) mass is 292 g/mol. The Morgan fingerprint density at radius 3 is 2.35 bits per heavy atom. The number of nitrogen functional groups attached to an aromatic ring is 1. The van der Waals surface area contributed by atoms with Crippen molar-refractivity contribution in [1.82, 2.24) is 0 Å². The first-order valence-electron chi connectivity index (χ1n) is 5.62. The predicted octanol–water partition coefficient (Wildman–Crippen LogP) is 1.57. The quantitative estimate of drug-likeness (QED) is 0.505. The molecule has 0 bridgehead atoms. The van der Waals surface area contributed by atoms with Gasteiger partial charge in [0.15, 0.2) is 0 Å².